The van der Waals surface area contributed by atoms with Crippen LogP contribution in [0.25, 0.3) is 49.0 Å². The van der Waals surface area contributed by atoms with E-state index in [-0.39, 0.29) is 5.39 Å². The van der Waals surface area contributed by atoms with Crippen LogP contribution in [-0.4, -0.2) is 9.38 Å². The van der Waals surface area contributed by atoms with Crippen molar-refractivity contribution in [3.05, 3.63) is 70.9 Å². The second-order valence-corrected chi connectivity index (χ2v) is 8.09. The van der Waals surface area contributed by atoms with Crippen LogP contribution in [0.3, 0.4) is 0 Å². The number of alkyl halides is 3. The van der Waals surface area contributed by atoms with Crippen LogP contribution in [-0.2, 0) is 6.18 Å². The summed E-state index contributed by atoms with van der Waals surface area (Å²) in [6.07, 6.45) is -3.48. The molecule has 2 nitrogen and oxygen atoms in total. The Morgan fingerprint density at radius 3 is 2.30 bits per heavy atom. The van der Waals surface area contributed by atoms with Gasteiger partial charge in [0, 0.05) is 27.7 Å². The number of hydrogen-bond donors (Lipinski definition) is 0. The lowest BCUT2D eigenvalue weighted by Gasteiger charge is -2.18. The number of nitrogens with zero attached hydrogens (tertiary/aromatic N) is 2. The molecule has 0 unspecified atom stereocenters. The lowest BCUT2D eigenvalue weighted by atomic mass is 9.95. The molecule has 6 rings (SSSR count). The molecule has 0 saturated carbocycles. The number of pyridine rings is 2. The monoisotopic (exact) mass is 402 g/mol. The predicted molar refractivity (Wildman–Crippen MR) is 116 cm³/mol. The molecule has 0 saturated heterocycles. The first-order chi connectivity index (χ1) is 14.3. The minimum absolute atomic E-state index is 0.200. The number of fused-ring (bicyclic) bond motifs is 6. The zero-order chi connectivity index (χ0) is 20.9. The normalized spacial score (nSPS) is 13.0. The largest absolute Gasteiger partial charge is 0.418 e. The Morgan fingerprint density at radius 1 is 0.800 bits per heavy atom. The molecule has 148 valence electrons. The van der Waals surface area contributed by atoms with Gasteiger partial charge in [-0.3, -0.25) is 4.98 Å². The SMILES string of the molecule is Cc1cc2c3ncc(C(F)(F)F)c4ccc5c6ccccc6n(c2c(C)c1C)c5c43. The van der Waals surface area contributed by atoms with E-state index >= 15 is 0 Å². The van der Waals surface area contributed by atoms with E-state index in [0.717, 1.165) is 50.0 Å². The van der Waals surface area contributed by atoms with Crippen LogP contribution in [0.1, 0.15) is 22.3 Å². The van der Waals surface area contributed by atoms with Crippen LogP contribution in [0.5, 0.6) is 0 Å². The van der Waals surface area contributed by atoms with Crippen LogP contribution in [0.15, 0.2) is 48.7 Å². The van der Waals surface area contributed by atoms with E-state index in [1.165, 1.54) is 5.56 Å². The Balaban J connectivity index is 2.07. The molecule has 3 aromatic carbocycles. The van der Waals surface area contributed by atoms with Crippen molar-refractivity contribution in [1.82, 2.24) is 9.38 Å². The van der Waals surface area contributed by atoms with Crippen molar-refractivity contribution in [2.24, 2.45) is 0 Å². The lowest BCUT2D eigenvalue weighted by molar-refractivity contribution is -0.136. The summed E-state index contributed by atoms with van der Waals surface area (Å²) in [6.45, 7) is 6.20. The number of aryl methyl sites for hydroxylation is 2. The van der Waals surface area contributed by atoms with Crippen LogP contribution in [0, 0.1) is 20.8 Å². The van der Waals surface area contributed by atoms with Gasteiger partial charge in [-0.25, -0.2) is 0 Å². The summed E-state index contributed by atoms with van der Waals surface area (Å²) in [5.74, 6) is 0. The van der Waals surface area contributed by atoms with Crippen molar-refractivity contribution in [3.63, 3.8) is 0 Å². The van der Waals surface area contributed by atoms with E-state index in [0.29, 0.717) is 10.9 Å². The molecular weight excluding hydrogens is 385 g/mol. The summed E-state index contributed by atoms with van der Waals surface area (Å²) < 4.78 is 43.5. The number of halogens is 3. The lowest BCUT2D eigenvalue weighted by Crippen LogP contribution is -2.08. The Bertz CT molecular complexity index is 1660. The molecule has 0 aliphatic rings. The molecule has 3 aromatic heterocycles. The minimum atomic E-state index is -4.46. The second-order valence-electron chi connectivity index (χ2n) is 8.09. The summed E-state index contributed by atoms with van der Waals surface area (Å²) in [6, 6.07) is 13.5. The molecule has 0 aliphatic heterocycles. The third kappa shape index (κ3) is 1.97. The molecule has 6 aromatic rings. The van der Waals surface area contributed by atoms with Gasteiger partial charge < -0.3 is 4.40 Å². The van der Waals surface area contributed by atoms with E-state index < -0.39 is 11.7 Å². The Hall–Kier alpha value is -3.34. The van der Waals surface area contributed by atoms with Crippen LogP contribution in [0.2, 0.25) is 0 Å². The fraction of sp³-hybridized carbons (Fsp3) is 0.160. The van der Waals surface area contributed by atoms with Crippen LogP contribution >= 0.6 is 0 Å². The summed E-state index contributed by atoms with van der Waals surface area (Å²) in [7, 11) is 0. The minimum Gasteiger partial charge on any atom is -0.308 e. The quantitative estimate of drug-likeness (QED) is 0.192. The first-order valence-corrected chi connectivity index (χ1v) is 9.82. The number of benzene rings is 3. The van der Waals surface area contributed by atoms with Gasteiger partial charge in [0.05, 0.1) is 27.6 Å². The maximum Gasteiger partial charge on any atom is 0.418 e. The molecule has 30 heavy (non-hydrogen) atoms. The van der Waals surface area contributed by atoms with Gasteiger partial charge >= 0.3 is 6.18 Å². The summed E-state index contributed by atoms with van der Waals surface area (Å²) in [5, 5.41) is 3.64. The average molecular weight is 402 g/mol. The maximum atomic E-state index is 13.8. The zero-order valence-corrected chi connectivity index (χ0v) is 16.6. The number of hydrogen-bond acceptors (Lipinski definition) is 1. The van der Waals surface area contributed by atoms with Gasteiger partial charge in [-0.2, -0.15) is 13.2 Å². The average Bonchev–Trinajstić information content (AvgIpc) is 3.05. The fourth-order valence-corrected chi connectivity index (χ4v) is 4.98. The summed E-state index contributed by atoms with van der Waals surface area (Å²) in [5.41, 5.74) is 6.16. The first kappa shape index (κ1) is 17.5. The van der Waals surface area contributed by atoms with Gasteiger partial charge in [-0.05, 0) is 55.0 Å². The zero-order valence-electron chi connectivity index (χ0n) is 16.6. The summed E-state index contributed by atoms with van der Waals surface area (Å²) in [4.78, 5) is 4.38. The molecule has 0 aliphatic carbocycles. The molecule has 0 spiro atoms. The number of para-hydroxylation sites is 1. The molecule has 0 amide bonds. The molecule has 3 heterocycles. The highest BCUT2D eigenvalue weighted by atomic mass is 19.4. The van der Waals surface area contributed by atoms with Crippen LogP contribution in [0.4, 0.5) is 13.2 Å². The third-order valence-electron chi connectivity index (χ3n) is 6.60. The van der Waals surface area contributed by atoms with E-state index in [1.54, 1.807) is 6.07 Å². The van der Waals surface area contributed by atoms with Crippen molar-refractivity contribution in [2.45, 2.75) is 26.9 Å². The molecule has 0 radical (unpaired) electrons. The fourth-order valence-electron chi connectivity index (χ4n) is 4.98. The Kier molecular flexibility index (Phi) is 3.16. The third-order valence-corrected chi connectivity index (χ3v) is 6.60. The Labute approximate surface area is 169 Å². The highest BCUT2D eigenvalue weighted by molar-refractivity contribution is 6.28. The van der Waals surface area contributed by atoms with Crippen molar-refractivity contribution >= 4 is 49.0 Å². The van der Waals surface area contributed by atoms with Gasteiger partial charge in [0.2, 0.25) is 0 Å². The highest BCUT2D eigenvalue weighted by Crippen LogP contribution is 2.45. The molecule has 0 N–H and O–H groups in total. The molecule has 0 fully saturated rings. The molecule has 0 bridgehead atoms. The molecular formula is C25H17F3N2. The van der Waals surface area contributed by atoms with E-state index in [9.17, 15) is 13.2 Å². The van der Waals surface area contributed by atoms with Crippen LogP contribution < -0.4 is 0 Å². The van der Waals surface area contributed by atoms with Gasteiger partial charge in [0.15, 0.2) is 0 Å². The van der Waals surface area contributed by atoms with Gasteiger partial charge in [-0.15, -0.1) is 0 Å². The topological polar surface area (TPSA) is 17.3 Å². The van der Waals surface area contributed by atoms with Gasteiger partial charge in [-0.1, -0.05) is 30.3 Å². The maximum absolute atomic E-state index is 13.8. The number of rotatable bonds is 0. The standard InChI is InChI=1S/C25H17F3N2/c1-12-10-18-22-21-17(19(11-29-22)25(26,27)28)9-8-16-15-6-4-5-7-20(15)30(24(16)21)23(18)14(3)13(12)2/h4-11H,1-3H3. The predicted octanol–water partition coefficient (Wildman–Crippen LogP) is 7.33. The van der Waals surface area contributed by atoms with Crippen molar-refractivity contribution in [3.8, 4) is 0 Å². The first-order valence-electron chi connectivity index (χ1n) is 9.82. The van der Waals surface area contributed by atoms with Gasteiger partial charge in [0.25, 0.3) is 0 Å². The van der Waals surface area contributed by atoms with Crippen molar-refractivity contribution in [1.29, 1.82) is 0 Å². The molecule has 0 atom stereocenters. The van der Waals surface area contributed by atoms with Gasteiger partial charge in [0.1, 0.15) is 0 Å². The highest BCUT2D eigenvalue weighted by Gasteiger charge is 2.34. The summed E-state index contributed by atoms with van der Waals surface area (Å²) >= 11 is 0. The number of aromatic nitrogens is 2. The van der Waals surface area contributed by atoms with E-state index in [1.807, 2.05) is 37.3 Å². The smallest absolute Gasteiger partial charge is 0.308 e. The van der Waals surface area contributed by atoms with E-state index in [4.69, 9.17) is 0 Å². The Morgan fingerprint density at radius 2 is 1.53 bits per heavy atom. The van der Waals surface area contributed by atoms with Crippen molar-refractivity contribution in [2.75, 3.05) is 0 Å². The van der Waals surface area contributed by atoms with E-state index in [2.05, 4.69) is 29.3 Å². The second kappa shape index (κ2) is 5.42. The van der Waals surface area contributed by atoms with Crippen molar-refractivity contribution < 1.29 is 13.2 Å². The molecule has 5 heteroatoms.